The monoisotopic (exact) mass is 377 g/mol. The molecule has 1 aromatic rings. The highest BCUT2D eigenvalue weighted by atomic mass is 19.2. The van der Waals surface area contributed by atoms with Gasteiger partial charge in [-0.25, -0.2) is 8.78 Å². The molecule has 5 rings (SSSR count). The van der Waals surface area contributed by atoms with Gasteiger partial charge in [0.15, 0.2) is 11.6 Å². The Morgan fingerprint density at radius 3 is 2.52 bits per heavy atom. The average molecular weight is 377 g/mol. The lowest BCUT2D eigenvalue weighted by Gasteiger charge is -2.51. The van der Waals surface area contributed by atoms with Crippen molar-refractivity contribution < 1.29 is 18.4 Å². The minimum Gasteiger partial charge on any atom is -0.346 e. The van der Waals surface area contributed by atoms with Crippen molar-refractivity contribution in [3.8, 4) is 0 Å². The second kappa shape index (κ2) is 6.86. The normalized spacial score (nSPS) is 31.9. The molecule has 0 aliphatic carbocycles. The zero-order valence-corrected chi connectivity index (χ0v) is 15.6. The molecule has 27 heavy (non-hydrogen) atoms. The van der Waals surface area contributed by atoms with Gasteiger partial charge in [0.1, 0.15) is 0 Å². The fraction of sp³-hybridized carbons (Fsp3) is 0.600. The summed E-state index contributed by atoms with van der Waals surface area (Å²) in [5, 5.41) is 2.66. The van der Waals surface area contributed by atoms with Gasteiger partial charge in [-0.05, 0) is 57.3 Å². The molecule has 0 radical (unpaired) electrons. The fourth-order valence-electron chi connectivity index (χ4n) is 5.19. The topological polar surface area (TPSA) is 52.7 Å². The molecule has 5 nitrogen and oxygen atoms in total. The minimum atomic E-state index is -0.873. The van der Waals surface area contributed by atoms with Crippen LogP contribution >= 0.6 is 0 Å². The van der Waals surface area contributed by atoms with Crippen LogP contribution in [0.25, 0.3) is 0 Å². The predicted molar refractivity (Wildman–Crippen MR) is 96.0 cm³/mol. The third-order valence-corrected chi connectivity index (χ3v) is 6.25. The second-order valence-corrected chi connectivity index (χ2v) is 8.19. The van der Waals surface area contributed by atoms with Crippen molar-refractivity contribution in [2.45, 2.75) is 50.7 Å². The van der Waals surface area contributed by atoms with Crippen molar-refractivity contribution in [3.63, 3.8) is 0 Å². The molecule has 7 heteroatoms. The first-order valence-electron chi connectivity index (χ1n) is 9.68. The van der Waals surface area contributed by atoms with Crippen molar-refractivity contribution in [1.29, 1.82) is 0 Å². The summed E-state index contributed by atoms with van der Waals surface area (Å²) in [5.41, 5.74) is 0.303. The summed E-state index contributed by atoms with van der Waals surface area (Å²) < 4.78 is 28.4. The molecule has 4 aliphatic heterocycles. The minimum absolute atomic E-state index is 0.0652. The molecule has 4 saturated heterocycles. The highest BCUT2D eigenvalue weighted by Gasteiger charge is 2.55. The van der Waals surface area contributed by atoms with E-state index in [1.165, 1.54) is 6.07 Å². The van der Waals surface area contributed by atoms with E-state index < -0.39 is 23.4 Å². The summed E-state index contributed by atoms with van der Waals surface area (Å²) in [4.78, 5) is 29.1. The van der Waals surface area contributed by atoms with Crippen LogP contribution < -0.4 is 5.32 Å². The average Bonchev–Trinajstić information content (AvgIpc) is 3.06. The van der Waals surface area contributed by atoms with Crippen molar-refractivity contribution in [3.05, 3.63) is 35.4 Å². The van der Waals surface area contributed by atoms with Crippen LogP contribution in [0, 0.1) is 17.6 Å². The number of amides is 2. The van der Waals surface area contributed by atoms with Gasteiger partial charge in [0.2, 0.25) is 0 Å². The number of halogens is 2. The molecule has 0 saturated carbocycles. The van der Waals surface area contributed by atoms with Gasteiger partial charge in [-0.1, -0.05) is 12.1 Å². The number of rotatable bonds is 2. The molecule has 0 unspecified atom stereocenters. The van der Waals surface area contributed by atoms with E-state index in [1.807, 2.05) is 0 Å². The number of nitrogens with zero attached hydrogens (tertiary/aromatic N) is 2. The Hall–Kier alpha value is -2.02. The molecular formula is C20H25F2N3O2. The van der Waals surface area contributed by atoms with E-state index in [0.29, 0.717) is 11.5 Å². The Bertz CT molecular complexity index is 762. The Morgan fingerprint density at radius 1 is 1.15 bits per heavy atom. The summed E-state index contributed by atoms with van der Waals surface area (Å²) in [5.74, 6) is -2.93. The van der Waals surface area contributed by atoms with Gasteiger partial charge in [0.25, 0.3) is 0 Å². The van der Waals surface area contributed by atoms with Crippen LogP contribution in [0.4, 0.5) is 8.78 Å². The number of fused-ring (bicyclic) bond motifs is 2. The largest absolute Gasteiger partial charge is 0.346 e. The van der Waals surface area contributed by atoms with Gasteiger partial charge < -0.3 is 10.2 Å². The van der Waals surface area contributed by atoms with Crippen LogP contribution in [0.2, 0.25) is 0 Å². The van der Waals surface area contributed by atoms with E-state index in [1.54, 1.807) is 24.8 Å². The summed E-state index contributed by atoms with van der Waals surface area (Å²) >= 11 is 0. The van der Waals surface area contributed by atoms with Crippen LogP contribution in [0.3, 0.4) is 0 Å². The first kappa shape index (κ1) is 18.3. The third-order valence-electron chi connectivity index (χ3n) is 6.25. The zero-order valence-electron chi connectivity index (χ0n) is 15.6. The van der Waals surface area contributed by atoms with Gasteiger partial charge in [0.05, 0.1) is 6.04 Å². The number of carbonyl (C=O) groups excluding carboxylic acids is 2. The number of carbonyl (C=O) groups is 2. The lowest BCUT2D eigenvalue weighted by molar-refractivity contribution is -0.149. The Balaban J connectivity index is 1.69. The third kappa shape index (κ3) is 3.02. The van der Waals surface area contributed by atoms with Crippen molar-refractivity contribution in [1.82, 2.24) is 15.1 Å². The van der Waals surface area contributed by atoms with Gasteiger partial charge in [-0.15, -0.1) is 0 Å². The van der Waals surface area contributed by atoms with E-state index in [-0.39, 0.29) is 30.6 Å². The van der Waals surface area contributed by atoms with Gasteiger partial charge >= 0.3 is 11.8 Å². The van der Waals surface area contributed by atoms with Crippen molar-refractivity contribution in [2.24, 2.45) is 5.92 Å². The van der Waals surface area contributed by atoms with Crippen molar-refractivity contribution in [2.75, 3.05) is 19.6 Å². The van der Waals surface area contributed by atoms with E-state index in [9.17, 15) is 18.4 Å². The molecule has 0 spiro atoms. The number of benzene rings is 1. The van der Waals surface area contributed by atoms with E-state index in [0.717, 1.165) is 32.0 Å². The summed E-state index contributed by atoms with van der Waals surface area (Å²) in [6.45, 7) is 5.65. The van der Waals surface area contributed by atoms with Crippen LogP contribution in [-0.4, -0.2) is 59.4 Å². The standard InChI is InChI=1S/C20H25F2N3O2/c1-11(2)23-19(26)20(27)25-10-14(13-4-3-5-15(21)16(13)22)18-17(25)12-6-8-24(18)9-7-12/h3-5,11-12,14,17-18H,6-10H2,1-2H3,(H,23,26)/t14-,17+,18+/m1/s1. The van der Waals surface area contributed by atoms with E-state index >= 15 is 0 Å². The quantitative estimate of drug-likeness (QED) is 0.801. The molecule has 4 heterocycles. The molecule has 0 aromatic heterocycles. The molecule has 2 bridgehead atoms. The molecule has 2 amide bonds. The summed E-state index contributed by atoms with van der Waals surface area (Å²) in [7, 11) is 0. The van der Waals surface area contributed by atoms with Gasteiger partial charge in [-0.3, -0.25) is 14.5 Å². The molecule has 1 aromatic carbocycles. The Kier molecular flexibility index (Phi) is 4.66. The van der Waals surface area contributed by atoms with Gasteiger partial charge in [-0.2, -0.15) is 0 Å². The summed E-state index contributed by atoms with van der Waals surface area (Å²) in [6.07, 6.45) is 1.93. The first-order valence-corrected chi connectivity index (χ1v) is 9.68. The Morgan fingerprint density at radius 2 is 1.85 bits per heavy atom. The van der Waals surface area contributed by atoms with E-state index in [2.05, 4.69) is 10.2 Å². The maximum Gasteiger partial charge on any atom is 0.312 e. The molecule has 1 N–H and O–H groups in total. The fourth-order valence-corrected chi connectivity index (χ4v) is 5.19. The maximum atomic E-state index is 14.5. The predicted octanol–water partition coefficient (Wildman–Crippen LogP) is 1.88. The molecule has 4 fully saturated rings. The number of piperidine rings is 3. The number of nitrogens with one attached hydrogen (secondary N) is 1. The van der Waals surface area contributed by atoms with Crippen LogP contribution in [-0.2, 0) is 9.59 Å². The lowest BCUT2D eigenvalue weighted by Crippen LogP contribution is -2.61. The van der Waals surface area contributed by atoms with E-state index in [4.69, 9.17) is 0 Å². The number of likely N-dealkylation sites (tertiary alicyclic amines) is 1. The molecule has 4 aliphatic rings. The highest BCUT2D eigenvalue weighted by Crippen LogP contribution is 2.47. The second-order valence-electron chi connectivity index (χ2n) is 8.19. The van der Waals surface area contributed by atoms with Crippen LogP contribution in [0.15, 0.2) is 18.2 Å². The van der Waals surface area contributed by atoms with Crippen molar-refractivity contribution >= 4 is 11.8 Å². The SMILES string of the molecule is CC(C)NC(=O)C(=O)N1C[C@H](c2cccc(F)c2F)[C@H]2[C@@H]1C1CCN2CC1. The lowest BCUT2D eigenvalue weighted by atomic mass is 9.75. The molecule has 3 atom stereocenters. The number of hydrogen-bond donors (Lipinski definition) is 1. The smallest absolute Gasteiger partial charge is 0.312 e. The summed E-state index contributed by atoms with van der Waals surface area (Å²) in [6, 6.07) is 3.90. The first-order chi connectivity index (χ1) is 12.9. The van der Waals surface area contributed by atoms with Gasteiger partial charge in [0, 0.05) is 24.5 Å². The highest BCUT2D eigenvalue weighted by molar-refractivity contribution is 6.35. The Labute approximate surface area is 157 Å². The maximum absolute atomic E-state index is 14.5. The number of hydrogen-bond acceptors (Lipinski definition) is 3. The van der Waals surface area contributed by atoms with Crippen LogP contribution in [0.5, 0.6) is 0 Å². The molecular weight excluding hydrogens is 352 g/mol. The molecule has 146 valence electrons. The zero-order chi connectivity index (χ0) is 19.3. The van der Waals surface area contributed by atoms with Crippen LogP contribution in [0.1, 0.15) is 38.2 Å².